The molecule has 1 fully saturated rings. The normalized spacial score (nSPS) is 26.0. The molecule has 1 saturated carbocycles. The van der Waals surface area contributed by atoms with Crippen LogP contribution in [0.15, 0.2) is 41.2 Å². The summed E-state index contributed by atoms with van der Waals surface area (Å²) in [7, 11) is 1.90. The topological polar surface area (TPSA) is 39.7 Å². The molecule has 2 atom stereocenters. The van der Waals surface area contributed by atoms with E-state index < -0.39 is 6.67 Å². The van der Waals surface area contributed by atoms with Gasteiger partial charge < -0.3 is 15.5 Å². The van der Waals surface area contributed by atoms with Gasteiger partial charge in [-0.1, -0.05) is 18.2 Å². The van der Waals surface area contributed by atoms with E-state index in [1.54, 1.807) is 11.3 Å². The Bertz CT molecular complexity index is 795. The number of hydrogen-bond donors (Lipinski definition) is 2. The average molecular weight is 361 g/mol. The van der Waals surface area contributed by atoms with Crippen molar-refractivity contribution in [2.45, 2.75) is 13.3 Å². The number of nitrogens with zero attached hydrogens (tertiary/aromatic N) is 2. The molecule has 3 aliphatic rings. The molecule has 0 aromatic carbocycles. The maximum Gasteiger partial charge on any atom is 0.121 e. The number of aliphatic imine (C=N–C) groups is 1. The van der Waals surface area contributed by atoms with E-state index in [0.29, 0.717) is 6.54 Å². The van der Waals surface area contributed by atoms with Crippen LogP contribution in [-0.2, 0) is 0 Å². The van der Waals surface area contributed by atoms with Crippen molar-refractivity contribution in [1.82, 2.24) is 5.32 Å². The lowest BCUT2D eigenvalue weighted by molar-refractivity contribution is 0.504. The zero-order valence-corrected chi connectivity index (χ0v) is 15.4. The number of halogens is 1. The third-order valence-corrected chi connectivity index (χ3v) is 6.01. The molecule has 0 spiro atoms. The van der Waals surface area contributed by atoms with Gasteiger partial charge in [0.05, 0.1) is 18.8 Å². The van der Waals surface area contributed by atoms with Gasteiger partial charge in [0.2, 0.25) is 0 Å². The second-order valence-electron chi connectivity index (χ2n) is 6.68. The van der Waals surface area contributed by atoms with E-state index in [1.807, 2.05) is 13.2 Å². The van der Waals surface area contributed by atoms with Gasteiger partial charge in [-0.15, -0.1) is 11.3 Å². The molecule has 134 valence electrons. The number of allylic oxidation sites excluding steroid dienone is 5. The molecule has 1 aromatic heterocycles. The average Bonchev–Trinajstić information content (AvgIpc) is 3.27. The molecular formula is C19H25FN4S. The Hall–Kier alpha value is -2.08. The molecule has 2 unspecified atom stereocenters. The standard InChI is InChI=1S/C19H23FN4S.H2/c1-12(10-21-2)24-11-18(22-6-5-20)23-16-9-17(25-19(16)24)14-4-3-13-7-15(13)8-14;/h3-4,8-10,13,15,21H,5-7,11H2,1-2H3,(H,22,23);1H/b12-10-;. The fraction of sp³-hybridized carbons (Fsp3) is 0.421. The highest BCUT2D eigenvalue weighted by Crippen LogP contribution is 2.49. The monoisotopic (exact) mass is 360 g/mol. The number of alkyl halides is 1. The third kappa shape index (κ3) is 3.23. The third-order valence-electron chi connectivity index (χ3n) is 4.80. The highest BCUT2D eigenvalue weighted by atomic mass is 32.1. The fourth-order valence-corrected chi connectivity index (χ4v) is 4.57. The first kappa shape index (κ1) is 16.4. The Morgan fingerprint density at radius 3 is 3.20 bits per heavy atom. The SMILES string of the molecule is CN/C=C(/C)N1CC(=NCCF)Nc2cc(C3=CC4CC4C=C3)sc21.[HH]. The lowest BCUT2D eigenvalue weighted by Crippen LogP contribution is -2.37. The Morgan fingerprint density at radius 1 is 1.56 bits per heavy atom. The van der Waals surface area contributed by atoms with Crippen LogP contribution < -0.4 is 15.5 Å². The van der Waals surface area contributed by atoms with Crippen LogP contribution in [-0.4, -0.2) is 32.6 Å². The van der Waals surface area contributed by atoms with E-state index in [1.165, 1.54) is 21.9 Å². The van der Waals surface area contributed by atoms with Gasteiger partial charge in [0.15, 0.2) is 0 Å². The number of rotatable bonds is 5. The summed E-state index contributed by atoms with van der Waals surface area (Å²) >= 11 is 1.80. The molecule has 1 aromatic rings. The van der Waals surface area contributed by atoms with Gasteiger partial charge in [0.1, 0.15) is 17.5 Å². The van der Waals surface area contributed by atoms with Gasteiger partial charge in [0.25, 0.3) is 0 Å². The van der Waals surface area contributed by atoms with Crippen LogP contribution in [0.4, 0.5) is 15.1 Å². The van der Waals surface area contributed by atoms with E-state index in [9.17, 15) is 4.39 Å². The predicted octanol–water partition coefficient (Wildman–Crippen LogP) is 4.26. The molecule has 4 nitrogen and oxygen atoms in total. The molecule has 2 heterocycles. The van der Waals surface area contributed by atoms with Crippen LogP contribution >= 0.6 is 11.3 Å². The van der Waals surface area contributed by atoms with E-state index in [2.05, 4.69) is 51.7 Å². The smallest absolute Gasteiger partial charge is 0.121 e. The molecule has 0 saturated heterocycles. The van der Waals surface area contributed by atoms with Gasteiger partial charge in [-0.3, -0.25) is 4.99 Å². The van der Waals surface area contributed by atoms with E-state index in [-0.39, 0.29) is 7.97 Å². The van der Waals surface area contributed by atoms with Gasteiger partial charge in [-0.2, -0.15) is 0 Å². The zero-order chi connectivity index (χ0) is 17.4. The first-order valence-corrected chi connectivity index (χ1v) is 9.53. The Morgan fingerprint density at radius 2 is 2.44 bits per heavy atom. The van der Waals surface area contributed by atoms with Crippen molar-refractivity contribution in [2.24, 2.45) is 16.8 Å². The van der Waals surface area contributed by atoms with Crippen LogP contribution in [0.5, 0.6) is 0 Å². The molecular weight excluding hydrogens is 335 g/mol. The second kappa shape index (κ2) is 6.67. The zero-order valence-electron chi connectivity index (χ0n) is 14.6. The summed E-state index contributed by atoms with van der Waals surface area (Å²) in [4.78, 5) is 7.86. The minimum Gasteiger partial charge on any atom is -0.393 e. The number of nitrogens with one attached hydrogen (secondary N) is 2. The van der Waals surface area contributed by atoms with Gasteiger partial charge in [0, 0.05) is 25.2 Å². The minimum atomic E-state index is -0.432. The number of amidine groups is 1. The maximum absolute atomic E-state index is 12.5. The Labute approximate surface area is 153 Å². The number of fused-ring (bicyclic) bond motifs is 2. The largest absolute Gasteiger partial charge is 0.393 e. The van der Waals surface area contributed by atoms with Crippen molar-refractivity contribution >= 4 is 33.4 Å². The van der Waals surface area contributed by atoms with Crippen molar-refractivity contribution < 1.29 is 5.82 Å². The predicted molar refractivity (Wildman–Crippen MR) is 107 cm³/mol. The summed E-state index contributed by atoms with van der Waals surface area (Å²) in [6.45, 7) is 2.48. The number of thiophene rings is 1. The summed E-state index contributed by atoms with van der Waals surface area (Å²) in [5.41, 5.74) is 3.49. The molecule has 6 heteroatoms. The van der Waals surface area contributed by atoms with Crippen LogP contribution in [0.25, 0.3) is 5.57 Å². The van der Waals surface area contributed by atoms with Crippen molar-refractivity contribution in [2.75, 3.05) is 37.0 Å². The molecule has 2 N–H and O–H groups in total. The summed E-state index contributed by atoms with van der Waals surface area (Å²) in [5.74, 6) is 2.32. The molecule has 2 aliphatic carbocycles. The first-order valence-electron chi connectivity index (χ1n) is 8.71. The Kier molecular flexibility index (Phi) is 4.37. The van der Waals surface area contributed by atoms with Crippen LogP contribution in [0, 0.1) is 11.8 Å². The molecule has 25 heavy (non-hydrogen) atoms. The van der Waals surface area contributed by atoms with Crippen molar-refractivity contribution in [3.63, 3.8) is 0 Å². The van der Waals surface area contributed by atoms with Gasteiger partial charge >= 0.3 is 0 Å². The molecule has 0 amide bonds. The maximum atomic E-state index is 12.5. The fourth-order valence-electron chi connectivity index (χ4n) is 3.40. The van der Waals surface area contributed by atoms with Crippen molar-refractivity contribution in [3.8, 4) is 0 Å². The van der Waals surface area contributed by atoms with Crippen LogP contribution in [0.3, 0.4) is 0 Å². The minimum absolute atomic E-state index is 0. The molecule has 4 rings (SSSR count). The quantitative estimate of drug-likeness (QED) is 0.824. The first-order chi connectivity index (χ1) is 12.2. The number of anilines is 2. The van der Waals surface area contributed by atoms with E-state index in [4.69, 9.17) is 0 Å². The lowest BCUT2D eigenvalue weighted by Gasteiger charge is -2.30. The van der Waals surface area contributed by atoms with Crippen molar-refractivity contribution in [1.29, 1.82) is 0 Å². The summed E-state index contributed by atoms with van der Waals surface area (Å²) < 4.78 is 12.5. The highest BCUT2D eigenvalue weighted by molar-refractivity contribution is 7.18. The Balaban J connectivity index is 0.00000196. The highest BCUT2D eigenvalue weighted by Gasteiger charge is 2.35. The molecule has 0 bridgehead atoms. The lowest BCUT2D eigenvalue weighted by atomic mass is 10.1. The van der Waals surface area contributed by atoms with Crippen molar-refractivity contribution in [3.05, 3.63) is 41.1 Å². The molecule has 1 aliphatic heterocycles. The van der Waals surface area contributed by atoms with E-state index in [0.717, 1.165) is 29.1 Å². The van der Waals surface area contributed by atoms with Crippen LogP contribution in [0.2, 0.25) is 0 Å². The number of hydrogen-bond acceptors (Lipinski definition) is 4. The molecule has 0 radical (unpaired) electrons. The summed E-state index contributed by atoms with van der Waals surface area (Å²) in [5, 5.41) is 7.67. The summed E-state index contributed by atoms with van der Waals surface area (Å²) in [6, 6.07) is 2.20. The van der Waals surface area contributed by atoms with Gasteiger partial charge in [-0.25, -0.2) is 4.39 Å². The van der Waals surface area contributed by atoms with Crippen LogP contribution in [0.1, 0.15) is 19.6 Å². The second-order valence-corrected chi connectivity index (χ2v) is 7.71. The van der Waals surface area contributed by atoms with Gasteiger partial charge in [-0.05, 0) is 36.8 Å². The van der Waals surface area contributed by atoms with E-state index >= 15 is 0 Å². The summed E-state index contributed by atoms with van der Waals surface area (Å²) in [6.07, 6.45) is 10.3.